The number of nitrogens with two attached hydrogens (primary N) is 1. The van der Waals surface area contributed by atoms with Crippen molar-refractivity contribution in [3.63, 3.8) is 0 Å². The van der Waals surface area contributed by atoms with Gasteiger partial charge >= 0.3 is 0 Å². The Kier molecular flexibility index (Phi) is 5.44. The first-order valence-corrected chi connectivity index (χ1v) is 7.70. The smallest absolute Gasteiger partial charge is 0.123 e. The van der Waals surface area contributed by atoms with Gasteiger partial charge in [0.15, 0.2) is 0 Å². The Labute approximate surface area is 123 Å². The van der Waals surface area contributed by atoms with Crippen molar-refractivity contribution < 1.29 is 4.74 Å². The van der Waals surface area contributed by atoms with Crippen LogP contribution in [0.25, 0.3) is 0 Å². The van der Waals surface area contributed by atoms with Crippen LogP contribution in [0.1, 0.15) is 43.7 Å². The minimum atomic E-state index is 0.528. The molecule has 20 heavy (non-hydrogen) atoms. The van der Waals surface area contributed by atoms with Gasteiger partial charge in [0.1, 0.15) is 5.75 Å². The second-order valence-corrected chi connectivity index (χ2v) is 6.18. The molecule has 1 aliphatic carbocycles. The molecule has 0 atom stereocenters. The van der Waals surface area contributed by atoms with Gasteiger partial charge in [-0.1, -0.05) is 19.1 Å². The Balaban J connectivity index is 1.98. The molecule has 0 unspecified atom stereocenters. The molecule has 0 bridgehead atoms. The van der Waals surface area contributed by atoms with E-state index in [4.69, 9.17) is 10.5 Å². The molecule has 1 saturated carbocycles. The molecule has 0 radical (unpaired) electrons. The standard InChI is InChI=1S/C17H28N2O/c1-13-4-8-16(9-5-13)19(2)12-14-6-7-15(11-18)17(10-14)20-3/h6-7,10,13,16H,4-5,8-9,11-12,18H2,1-3H3. The third-order valence-corrected chi connectivity index (χ3v) is 4.61. The quantitative estimate of drug-likeness (QED) is 0.897. The van der Waals surface area contributed by atoms with Gasteiger partial charge in [-0.3, -0.25) is 4.90 Å². The summed E-state index contributed by atoms with van der Waals surface area (Å²) in [6.07, 6.45) is 5.39. The monoisotopic (exact) mass is 276 g/mol. The van der Waals surface area contributed by atoms with Crippen LogP contribution in [-0.4, -0.2) is 25.1 Å². The fourth-order valence-electron chi connectivity index (χ4n) is 3.16. The van der Waals surface area contributed by atoms with Crippen LogP contribution in [0.3, 0.4) is 0 Å². The Morgan fingerprint density at radius 2 is 1.95 bits per heavy atom. The van der Waals surface area contributed by atoms with Crippen LogP contribution in [0.2, 0.25) is 0 Å². The number of ether oxygens (including phenoxy) is 1. The highest BCUT2D eigenvalue weighted by atomic mass is 16.5. The van der Waals surface area contributed by atoms with Gasteiger partial charge in [-0.15, -0.1) is 0 Å². The largest absolute Gasteiger partial charge is 0.496 e. The van der Waals surface area contributed by atoms with Crippen molar-refractivity contribution in [2.75, 3.05) is 14.2 Å². The molecule has 0 saturated heterocycles. The Bertz CT molecular complexity index is 425. The van der Waals surface area contributed by atoms with E-state index in [1.165, 1.54) is 31.2 Å². The SMILES string of the molecule is COc1cc(CN(C)C2CCC(C)CC2)ccc1CN. The van der Waals surface area contributed by atoms with E-state index in [1.54, 1.807) is 7.11 Å². The molecule has 2 rings (SSSR count). The average Bonchev–Trinajstić information content (AvgIpc) is 2.47. The van der Waals surface area contributed by atoms with E-state index in [0.29, 0.717) is 6.54 Å². The van der Waals surface area contributed by atoms with E-state index in [1.807, 2.05) is 0 Å². The third-order valence-electron chi connectivity index (χ3n) is 4.61. The number of benzene rings is 1. The molecule has 3 heteroatoms. The van der Waals surface area contributed by atoms with Gasteiger partial charge < -0.3 is 10.5 Å². The number of rotatable bonds is 5. The summed E-state index contributed by atoms with van der Waals surface area (Å²) >= 11 is 0. The number of methoxy groups -OCH3 is 1. The molecule has 1 fully saturated rings. The lowest BCUT2D eigenvalue weighted by Gasteiger charge is -2.33. The molecule has 1 aliphatic rings. The van der Waals surface area contributed by atoms with E-state index < -0.39 is 0 Å². The number of nitrogens with zero attached hydrogens (tertiary/aromatic N) is 1. The van der Waals surface area contributed by atoms with E-state index in [-0.39, 0.29) is 0 Å². The maximum absolute atomic E-state index is 5.72. The summed E-state index contributed by atoms with van der Waals surface area (Å²) < 4.78 is 5.42. The van der Waals surface area contributed by atoms with Crippen molar-refractivity contribution in [3.8, 4) is 5.75 Å². The number of hydrogen-bond acceptors (Lipinski definition) is 3. The predicted molar refractivity (Wildman–Crippen MR) is 83.8 cm³/mol. The van der Waals surface area contributed by atoms with Gasteiger partial charge in [-0.25, -0.2) is 0 Å². The van der Waals surface area contributed by atoms with Crippen LogP contribution in [0, 0.1) is 5.92 Å². The van der Waals surface area contributed by atoms with E-state index >= 15 is 0 Å². The Morgan fingerprint density at radius 1 is 1.25 bits per heavy atom. The third kappa shape index (κ3) is 3.74. The second-order valence-electron chi connectivity index (χ2n) is 6.18. The lowest BCUT2D eigenvalue weighted by Crippen LogP contribution is -2.34. The summed E-state index contributed by atoms with van der Waals surface area (Å²) in [6.45, 7) is 3.88. The molecule has 112 valence electrons. The van der Waals surface area contributed by atoms with Crippen molar-refractivity contribution in [2.45, 2.75) is 51.7 Å². The minimum absolute atomic E-state index is 0.528. The Hall–Kier alpha value is -1.06. The fourth-order valence-corrected chi connectivity index (χ4v) is 3.16. The van der Waals surface area contributed by atoms with Crippen LogP contribution in [0.4, 0.5) is 0 Å². The molecule has 2 N–H and O–H groups in total. The molecule has 1 aromatic carbocycles. The molecule has 0 aromatic heterocycles. The molecule has 0 heterocycles. The molecule has 0 aliphatic heterocycles. The zero-order valence-corrected chi connectivity index (χ0v) is 13.1. The highest BCUT2D eigenvalue weighted by molar-refractivity contribution is 5.37. The maximum atomic E-state index is 5.72. The van der Waals surface area contributed by atoms with Gasteiger partial charge in [0.05, 0.1) is 7.11 Å². The first-order chi connectivity index (χ1) is 9.63. The normalized spacial score (nSPS) is 23.1. The van der Waals surface area contributed by atoms with Gasteiger partial charge in [-0.2, -0.15) is 0 Å². The molecular formula is C17H28N2O. The molecule has 3 nitrogen and oxygen atoms in total. The summed E-state index contributed by atoms with van der Waals surface area (Å²) in [7, 11) is 3.95. The summed E-state index contributed by atoms with van der Waals surface area (Å²) in [4.78, 5) is 2.49. The van der Waals surface area contributed by atoms with Crippen molar-refractivity contribution in [1.82, 2.24) is 4.90 Å². The second kappa shape index (κ2) is 7.09. The van der Waals surface area contributed by atoms with Gasteiger partial charge in [0.2, 0.25) is 0 Å². The summed E-state index contributed by atoms with van der Waals surface area (Å²) in [5.74, 6) is 1.82. The predicted octanol–water partition coefficient (Wildman–Crippen LogP) is 3.16. The van der Waals surface area contributed by atoms with Gasteiger partial charge in [-0.05, 0) is 50.3 Å². The van der Waals surface area contributed by atoms with Crippen molar-refractivity contribution in [3.05, 3.63) is 29.3 Å². The molecule has 0 spiro atoms. The van der Waals surface area contributed by atoms with Gasteiger partial charge in [0, 0.05) is 24.7 Å². The summed E-state index contributed by atoms with van der Waals surface area (Å²) in [5.41, 5.74) is 8.10. The van der Waals surface area contributed by atoms with Crippen molar-refractivity contribution >= 4 is 0 Å². The highest BCUT2D eigenvalue weighted by Crippen LogP contribution is 2.28. The summed E-state index contributed by atoms with van der Waals surface area (Å²) in [6, 6.07) is 7.12. The first-order valence-electron chi connectivity index (χ1n) is 7.70. The molecule has 0 amide bonds. The van der Waals surface area contributed by atoms with E-state index in [2.05, 4.69) is 37.1 Å². The average molecular weight is 276 g/mol. The van der Waals surface area contributed by atoms with E-state index in [9.17, 15) is 0 Å². The van der Waals surface area contributed by atoms with E-state index in [0.717, 1.165) is 29.8 Å². The van der Waals surface area contributed by atoms with Crippen LogP contribution >= 0.6 is 0 Å². The van der Waals surface area contributed by atoms with Crippen LogP contribution < -0.4 is 10.5 Å². The maximum Gasteiger partial charge on any atom is 0.123 e. The zero-order valence-electron chi connectivity index (χ0n) is 13.1. The summed E-state index contributed by atoms with van der Waals surface area (Å²) in [5, 5.41) is 0. The minimum Gasteiger partial charge on any atom is -0.496 e. The molecule has 1 aromatic rings. The first kappa shape index (κ1) is 15.3. The molecular weight excluding hydrogens is 248 g/mol. The zero-order chi connectivity index (χ0) is 14.5. The highest BCUT2D eigenvalue weighted by Gasteiger charge is 2.21. The van der Waals surface area contributed by atoms with Crippen molar-refractivity contribution in [2.24, 2.45) is 11.7 Å². The fraction of sp³-hybridized carbons (Fsp3) is 0.647. The Morgan fingerprint density at radius 3 is 2.55 bits per heavy atom. The van der Waals surface area contributed by atoms with Crippen molar-refractivity contribution in [1.29, 1.82) is 0 Å². The van der Waals surface area contributed by atoms with Gasteiger partial charge in [0.25, 0.3) is 0 Å². The van der Waals surface area contributed by atoms with Crippen LogP contribution in [-0.2, 0) is 13.1 Å². The topological polar surface area (TPSA) is 38.5 Å². The number of hydrogen-bond donors (Lipinski definition) is 1. The lowest BCUT2D eigenvalue weighted by atomic mass is 9.86. The lowest BCUT2D eigenvalue weighted by molar-refractivity contribution is 0.164. The van der Waals surface area contributed by atoms with Crippen LogP contribution in [0.15, 0.2) is 18.2 Å². The van der Waals surface area contributed by atoms with Crippen LogP contribution in [0.5, 0.6) is 5.75 Å².